The Morgan fingerprint density at radius 2 is 2.25 bits per heavy atom. The summed E-state index contributed by atoms with van der Waals surface area (Å²) in [5.74, 6) is 0.416. The fourth-order valence-corrected chi connectivity index (χ4v) is 1.62. The highest BCUT2D eigenvalue weighted by Gasteiger charge is 2.28. The van der Waals surface area contributed by atoms with E-state index in [2.05, 4.69) is 9.80 Å². The molecule has 1 aliphatic heterocycles. The zero-order valence-electron chi connectivity index (χ0n) is 8.21. The van der Waals surface area contributed by atoms with Crippen LogP contribution in [0.4, 0.5) is 0 Å². The van der Waals surface area contributed by atoms with Crippen molar-refractivity contribution in [3.8, 4) is 0 Å². The number of ketones is 1. The molecule has 0 aromatic carbocycles. The molecule has 0 spiro atoms. The van der Waals surface area contributed by atoms with Crippen LogP contribution in [0.1, 0.15) is 12.8 Å². The van der Waals surface area contributed by atoms with E-state index < -0.39 is 0 Å². The van der Waals surface area contributed by atoms with Gasteiger partial charge < -0.3 is 4.90 Å². The van der Waals surface area contributed by atoms with Crippen molar-refractivity contribution in [3.05, 3.63) is 0 Å². The van der Waals surface area contributed by atoms with Crippen molar-refractivity contribution in [1.82, 2.24) is 9.80 Å². The van der Waals surface area contributed by atoms with Crippen LogP contribution < -0.4 is 0 Å². The molecule has 0 N–H and O–H groups in total. The maximum atomic E-state index is 11.3. The number of hydrogen-bond acceptors (Lipinski definition) is 3. The van der Waals surface area contributed by atoms with Crippen LogP contribution in [-0.4, -0.2) is 55.9 Å². The maximum Gasteiger partial charge on any atom is 0.151 e. The lowest BCUT2D eigenvalue weighted by Crippen LogP contribution is -2.32. The number of carbonyl (C=O) groups is 1. The molecule has 1 unspecified atom stereocenters. The molecule has 0 bridgehead atoms. The van der Waals surface area contributed by atoms with Gasteiger partial charge in [0, 0.05) is 13.0 Å². The van der Waals surface area contributed by atoms with Crippen LogP contribution in [-0.2, 0) is 4.79 Å². The van der Waals surface area contributed by atoms with E-state index in [0.29, 0.717) is 5.78 Å². The Morgan fingerprint density at radius 1 is 1.58 bits per heavy atom. The Kier molecular flexibility index (Phi) is 3.23. The number of rotatable bonds is 3. The van der Waals surface area contributed by atoms with E-state index in [1.54, 1.807) is 0 Å². The van der Waals surface area contributed by atoms with E-state index in [0.717, 1.165) is 25.9 Å². The van der Waals surface area contributed by atoms with Gasteiger partial charge in [0.15, 0.2) is 5.78 Å². The summed E-state index contributed by atoms with van der Waals surface area (Å²) in [6.45, 7) is 1.94. The summed E-state index contributed by atoms with van der Waals surface area (Å²) in [6.07, 6.45) is 1.72. The zero-order valence-corrected chi connectivity index (χ0v) is 8.21. The van der Waals surface area contributed by atoms with Gasteiger partial charge in [0.2, 0.25) is 0 Å². The SMILES string of the molecule is CN(C)CCC1C(=O)CCN1C. The quantitative estimate of drug-likeness (QED) is 0.605. The van der Waals surface area contributed by atoms with Crippen LogP contribution in [0.5, 0.6) is 0 Å². The molecular weight excluding hydrogens is 152 g/mol. The Balaban J connectivity index is 2.34. The van der Waals surface area contributed by atoms with Crippen LogP contribution in [0, 0.1) is 0 Å². The molecule has 0 radical (unpaired) electrons. The third-order valence-corrected chi connectivity index (χ3v) is 2.46. The number of hydrogen-bond donors (Lipinski definition) is 0. The van der Waals surface area contributed by atoms with Crippen molar-refractivity contribution in [2.24, 2.45) is 0 Å². The van der Waals surface area contributed by atoms with Crippen molar-refractivity contribution in [2.45, 2.75) is 18.9 Å². The number of likely N-dealkylation sites (tertiary alicyclic amines) is 1. The first-order valence-corrected chi connectivity index (χ1v) is 4.49. The van der Waals surface area contributed by atoms with E-state index in [4.69, 9.17) is 0 Å². The van der Waals surface area contributed by atoms with Gasteiger partial charge in [-0.2, -0.15) is 0 Å². The summed E-state index contributed by atoms with van der Waals surface area (Å²) >= 11 is 0. The van der Waals surface area contributed by atoms with Crippen LogP contribution in [0.2, 0.25) is 0 Å². The lowest BCUT2D eigenvalue weighted by atomic mass is 10.1. The fourth-order valence-electron chi connectivity index (χ4n) is 1.62. The van der Waals surface area contributed by atoms with Crippen molar-refractivity contribution in [1.29, 1.82) is 0 Å². The molecule has 1 atom stereocenters. The minimum Gasteiger partial charge on any atom is -0.309 e. The molecule has 1 rings (SSSR count). The van der Waals surface area contributed by atoms with Gasteiger partial charge >= 0.3 is 0 Å². The Hall–Kier alpha value is -0.410. The third-order valence-electron chi connectivity index (χ3n) is 2.46. The number of nitrogens with zero attached hydrogens (tertiary/aromatic N) is 2. The summed E-state index contributed by atoms with van der Waals surface area (Å²) in [4.78, 5) is 15.6. The van der Waals surface area contributed by atoms with Gasteiger partial charge in [0.05, 0.1) is 6.04 Å². The van der Waals surface area contributed by atoms with Gasteiger partial charge in [0.1, 0.15) is 0 Å². The molecule has 0 amide bonds. The predicted octanol–water partition coefficient (Wildman–Crippen LogP) is 0.211. The molecule has 12 heavy (non-hydrogen) atoms. The van der Waals surface area contributed by atoms with Crippen LogP contribution in [0.3, 0.4) is 0 Å². The largest absolute Gasteiger partial charge is 0.309 e. The molecule has 70 valence electrons. The first-order chi connectivity index (χ1) is 5.61. The van der Waals surface area contributed by atoms with E-state index in [1.807, 2.05) is 21.1 Å². The molecule has 3 nitrogen and oxygen atoms in total. The summed E-state index contributed by atoms with van der Waals surface area (Å²) in [6, 6.07) is 0.187. The molecule has 1 aliphatic rings. The van der Waals surface area contributed by atoms with E-state index >= 15 is 0 Å². The van der Waals surface area contributed by atoms with E-state index in [1.165, 1.54) is 0 Å². The van der Waals surface area contributed by atoms with Gasteiger partial charge in [-0.25, -0.2) is 0 Å². The van der Waals surface area contributed by atoms with Crippen molar-refractivity contribution >= 4 is 5.78 Å². The number of likely N-dealkylation sites (N-methyl/N-ethyl adjacent to an activating group) is 1. The topological polar surface area (TPSA) is 23.6 Å². The second-order valence-corrected chi connectivity index (χ2v) is 3.80. The number of carbonyl (C=O) groups excluding carboxylic acids is 1. The molecule has 0 aromatic rings. The molecule has 0 aromatic heterocycles. The minimum atomic E-state index is 0.187. The highest BCUT2D eigenvalue weighted by molar-refractivity contribution is 5.86. The molecule has 1 heterocycles. The standard InChI is InChI=1S/C9H18N2O/c1-10(2)6-4-8-9(12)5-7-11(8)3/h8H,4-7H2,1-3H3. The highest BCUT2D eigenvalue weighted by Crippen LogP contribution is 2.14. The summed E-state index contributed by atoms with van der Waals surface area (Å²) < 4.78 is 0. The molecule has 1 saturated heterocycles. The Bertz CT molecular complexity index is 168. The lowest BCUT2D eigenvalue weighted by Gasteiger charge is -2.19. The summed E-state index contributed by atoms with van der Waals surface area (Å²) in [5, 5.41) is 0. The van der Waals surface area contributed by atoms with E-state index in [-0.39, 0.29) is 6.04 Å². The summed E-state index contributed by atoms with van der Waals surface area (Å²) in [7, 11) is 6.12. The average Bonchev–Trinajstić information content (AvgIpc) is 2.28. The van der Waals surface area contributed by atoms with Crippen molar-refractivity contribution in [2.75, 3.05) is 34.2 Å². The third kappa shape index (κ3) is 2.29. The fraction of sp³-hybridized carbons (Fsp3) is 0.889. The molecule has 1 fully saturated rings. The van der Waals surface area contributed by atoms with Crippen molar-refractivity contribution < 1.29 is 4.79 Å². The van der Waals surface area contributed by atoms with Gasteiger partial charge in [-0.15, -0.1) is 0 Å². The van der Waals surface area contributed by atoms with Crippen molar-refractivity contribution in [3.63, 3.8) is 0 Å². The zero-order chi connectivity index (χ0) is 9.14. The Labute approximate surface area is 74.3 Å². The normalized spacial score (nSPS) is 25.7. The first kappa shape index (κ1) is 9.68. The van der Waals surface area contributed by atoms with Gasteiger partial charge in [-0.05, 0) is 34.1 Å². The molecule has 3 heteroatoms. The van der Waals surface area contributed by atoms with Gasteiger partial charge in [-0.3, -0.25) is 9.69 Å². The average molecular weight is 170 g/mol. The lowest BCUT2D eigenvalue weighted by molar-refractivity contribution is -0.119. The summed E-state index contributed by atoms with van der Waals surface area (Å²) in [5.41, 5.74) is 0. The van der Waals surface area contributed by atoms with Crippen LogP contribution in [0.25, 0.3) is 0 Å². The predicted molar refractivity (Wildman–Crippen MR) is 49.2 cm³/mol. The van der Waals surface area contributed by atoms with Crippen LogP contribution in [0.15, 0.2) is 0 Å². The first-order valence-electron chi connectivity index (χ1n) is 4.49. The second kappa shape index (κ2) is 4.01. The maximum absolute atomic E-state index is 11.3. The highest BCUT2D eigenvalue weighted by atomic mass is 16.1. The molecule has 0 saturated carbocycles. The minimum absolute atomic E-state index is 0.187. The Morgan fingerprint density at radius 3 is 2.67 bits per heavy atom. The second-order valence-electron chi connectivity index (χ2n) is 3.80. The van der Waals surface area contributed by atoms with Crippen LogP contribution >= 0.6 is 0 Å². The smallest absolute Gasteiger partial charge is 0.151 e. The molecular formula is C9H18N2O. The molecule has 0 aliphatic carbocycles. The monoisotopic (exact) mass is 170 g/mol. The van der Waals surface area contributed by atoms with Gasteiger partial charge in [-0.1, -0.05) is 0 Å². The van der Waals surface area contributed by atoms with E-state index in [9.17, 15) is 4.79 Å². The number of Topliss-reactive ketones (excluding diaryl/α,β-unsaturated/α-hetero) is 1. The van der Waals surface area contributed by atoms with Gasteiger partial charge in [0.25, 0.3) is 0 Å².